The SMILES string of the molecule is COC(=O)[C@H]1C[C@H](n2cc(-c3cnc4ccccc4n3)cn2)C1. The Morgan fingerprint density at radius 1 is 1.22 bits per heavy atom. The van der Waals surface area contributed by atoms with Crippen LogP contribution in [0, 0.1) is 5.92 Å². The van der Waals surface area contributed by atoms with Gasteiger partial charge in [0.25, 0.3) is 0 Å². The second-order valence-corrected chi connectivity index (χ2v) is 5.80. The maximum absolute atomic E-state index is 11.5. The van der Waals surface area contributed by atoms with Crippen molar-refractivity contribution < 1.29 is 9.53 Å². The number of esters is 1. The molecule has 116 valence electrons. The molecule has 0 atom stereocenters. The van der Waals surface area contributed by atoms with Crippen molar-refractivity contribution in [3.63, 3.8) is 0 Å². The Morgan fingerprint density at radius 2 is 2.00 bits per heavy atom. The monoisotopic (exact) mass is 308 g/mol. The zero-order valence-corrected chi connectivity index (χ0v) is 12.7. The summed E-state index contributed by atoms with van der Waals surface area (Å²) >= 11 is 0. The van der Waals surface area contributed by atoms with Crippen LogP contribution in [-0.2, 0) is 9.53 Å². The van der Waals surface area contributed by atoms with Gasteiger partial charge in [0.15, 0.2) is 0 Å². The molecule has 1 aliphatic rings. The van der Waals surface area contributed by atoms with Crippen LogP contribution in [0.15, 0.2) is 42.9 Å². The van der Waals surface area contributed by atoms with E-state index in [0.29, 0.717) is 0 Å². The van der Waals surface area contributed by atoms with E-state index in [1.807, 2.05) is 35.1 Å². The summed E-state index contributed by atoms with van der Waals surface area (Å²) in [6, 6.07) is 8.04. The lowest BCUT2D eigenvalue weighted by molar-refractivity contribution is -0.149. The first-order valence-electron chi connectivity index (χ1n) is 7.59. The van der Waals surface area contributed by atoms with Crippen molar-refractivity contribution in [1.82, 2.24) is 19.7 Å². The van der Waals surface area contributed by atoms with Gasteiger partial charge < -0.3 is 4.74 Å². The fourth-order valence-corrected chi connectivity index (χ4v) is 2.93. The molecule has 1 aliphatic carbocycles. The van der Waals surface area contributed by atoms with Crippen molar-refractivity contribution in [3.8, 4) is 11.3 Å². The molecule has 6 heteroatoms. The molecule has 0 bridgehead atoms. The number of hydrogen-bond acceptors (Lipinski definition) is 5. The normalized spacial score (nSPS) is 20.2. The molecule has 0 N–H and O–H groups in total. The van der Waals surface area contributed by atoms with Crippen LogP contribution in [0.4, 0.5) is 0 Å². The first kappa shape index (κ1) is 13.9. The van der Waals surface area contributed by atoms with E-state index in [4.69, 9.17) is 4.74 Å². The van der Waals surface area contributed by atoms with Gasteiger partial charge in [-0.15, -0.1) is 0 Å². The van der Waals surface area contributed by atoms with E-state index < -0.39 is 0 Å². The third-order valence-electron chi connectivity index (χ3n) is 4.37. The summed E-state index contributed by atoms with van der Waals surface area (Å²) in [6.07, 6.45) is 7.08. The van der Waals surface area contributed by atoms with Crippen LogP contribution in [0.3, 0.4) is 0 Å². The smallest absolute Gasteiger partial charge is 0.308 e. The minimum Gasteiger partial charge on any atom is -0.469 e. The molecule has 2 heterocycles. The van der Waals surface area contributed by atoms with Crippen LogP contribution < -0.4 is 0 Å². The van der Waals surface area contributed by atoms with Gasteiger partial charge in [-0.2, -0.15) is 5.10 Å². The van der Waals surface area contributed by atoms with E-state index in [9.17, 15) is 4.79 Å². The number of aromatic nitrogens is 4. The summed E-state index contributed by atoms with van der Waals surface area (Å²) in [5, 5.41) is 4.41. The number of ether oxygens (including phenoxy) is 1. The van der Waals surface area contributed by atoms with Gasteiger partial charge in [-0.3, -0.25) is 14.5 Å². The molecule has 6 nitrogen and oxygen atoms in total. The van der Waals surface area contributed by atoms with Crippen LogP contribution in [0.2, 0.25) is 0 Å². The standard InChI is InChI=1S/C17H16N4O2/c1-23-17(22)11-6-13(7-11)21-10-12(8-19-21)16-9-18-14-4-2-3-5-15(14)20-16/h2-5,8-11,13H,6-7H2,1H3/t11-,13-. The predicted octanol–water partition coefficient (Wildman–Crippen LogP) is 2.62. The molecule has 4 rings (SSSR count). The van der Waals surface area contributed by atoms with Crippen molar-refractivity contribution in [2.45, 2.75) is 18.9 Å². The quantitative estimate of drug-likeness (QED) is 0.696. The molecule has 0 radical (unpaired) electrons. The lowest BCUT2D eigenvalue weighted by Gasteiger charge is -2.33. The average Bonchev–Trinajstić information content (AvgIpc) is 3.02. The number of fused-ring (bicyclic) bond motifs is 1. The highest BCUT2D eigenvalue weighted by Gasteiger charge is 2.36. The number of hydrogen-bond donors (Lipinski definition) is 0. The first-order chi connectivity index (χ1) is 11.2. The number of benzene rings is 1. The fraction of sp³-hybridized carbons (Fsp3) is 0.294. The molecule has 1 fully saturated rings. The molecule has 0 saturated heterocycles. The van der Waals surface area contributed by atoms with Crippen molar-refractivity contribution in [3.05, 3.63) is 42.9 Å². The number of para-hydroxylation sites is 2. The topological polar surface area (TPSA) is 69.9 Å². The van der Waals surface area contributed by atoms with Crippen LogP contribution in [0.5, 0.6) is 0 Å². The Labute approximate surface area is 133 Å². The van der Waals surface area contributed by atoms with Gasteiger partial charge in [0.05, 0.1) is 48.2 Å². The summed E-state index contributed by atoms with van der Waals surface area (Å²) in [5.41, 5.74) is 3.49. The molecule has 0 spiro atoms. The molecular formula is C17H16N4O2. The number of carbonyl (C=O) groups is 1. The number of methoxy groups -OCH3 is 1. The Kier molecular flexibility index (Phi) is 3.29. The summed E-state index contributed by atoms with van der Waals surface area (Å²) in [4.78, 5) is 20.5. The lowest BCUT2D eigenvalue weighted by atomic mass is 9.80. The van der Waals surface area contributed by atoms with Crippen molar-refractivity contribution in [1.29, 1.82) is 0 Å². The highest BCUT2D eigenvalue weighted by Crippen LogP contribution is 2.38. The minimum absolute atomic E-state index is 0.00175. The average molecular weight is 308 g/mol. The lowest BCUT2D eigenvalue weighted by Crippen LogP contribution is -2.33. The number of rotatable bonds is 3. The number of carbonyl (C=O) groups excluding carboxylic acids is 1. The van der Waals surface area contributed by atoms with E-state index in [2.05, 4.69) is 15.1 Å². The molecule has 1 aromatic carbocycles. The Hall–Kier alpha value is -2.76. The third kappa shape index (κ3) is 2.46. The maximum Gasteiger partial charge on any atom is 0.308 e. The highest BCUT2D eigenvalue weighted by atomic mass is 16.5. The number of nitrogens with zero attached hydrogens (tertiary/aromatic N) is 4. The van der Waals surface area contributed by atoms with Crippen molar-refractivity contribution in [2.75, 3.05) is 7.11 Å². The van der Waals surface area contributed by atoms with Crippen LogP contribution in [-0.4, -0.2) is 32.8 Å². The molecule has 0 aliphatic heterocycles. The van der Waals surface area contributed by atoms with E-state index in [1.54, 1.807) is 12.4 Å². The second kappa shape index (κ2) is 5.46. The van der Waals surface area contributed by atoms with Gasteiger partial charge in [0.2, 0.25) is 0 Å². The van der Waals surface area contributed by atoms with Crippen LogP contribution in [0.25, 0.3) is 22.3 Å². The maximum atomic E-state index is 11.5. The minimum atomic E-state index is -0.131. The van der Waals surface area contributed by atoms with Gasteiger partial charge in [0, 0.05) is 11.8 Å². The molecule has 0 amide bonds. The Morgan fingerprint density at radius 3 is 2.78 bits per heavy atom. The zero-order chi connectivity index (χ0) is 15.8. The van der Waals surface area contributed by atoms with Crippen LogP contribution in [0.1, 0.15) is 18.9 Å². The van der Waals surface area contributed by atoms with Crippen LogP contribution >= 0.6 is 0 Å². The summed E-state index contributed by atoms with van der Waals surface area (Å²) in [7, 11) is 1.43. The fourth-order valence-electron chi connectivity index (χ4n) is 2.93. The molecule has 1 saturated carbocycles. The van der Waals surface area contributed by atoms with Crippen molar-refractivity contribution >= 4 is 17.0 Å². The van der Waals surface area contributed by atoms with Gasteiger partial charge in [-0.1, -0.05) is 12.1 Å². The summed E-state index contributed by atoms with van der Waals surface area (Å²) < 4.78 is 6.68. The van der Waals surface area contributed by atoms with Gasteiger partial charge >= 0.3 is 5.97 Å². The highest BCUT2D eigenvalue weighted by molar-refractivity contribution is 5.76. The zero-order valence-electron chi connectivity index (χ0n) is 12.7. The van der Waals surface area contributed by atoms with E-state index in [0.717, 1.165) is 35.1 Å². The molecule has 23 heavy (non-hydrogen) atoms. The molecule has 0 unspecified atom stereocenters. The van der Waals surface area contributed by atoms with E-state index in [-0.39, 0.29) is 17.9 Å². The Bertz CT molecular complexity index is 868. The predicted molar refractivity (Wildman–Crippen MR) is 84.5 cm³/mol. The summed E-state index contributed by atoms with van der Waals surface area (Å²) in [6.45, 7) is 0. The third-order valence-corrected chi connectivity index (χ3v) is 4.37. The van der Waals surface area contributed by atoms with Gasteiger partial charge in [-0.05, 0) is 25.0 Å². The second-order valence-electron chi connectivity index (χ2n) is 5.80. The van der Waals surface area contributed by atoms with Gasteiger partial charge in [0.1, 0.15) is 0 Å². The first-order valence-corrected chi connectivity index (χ1v) is 7.59. The Balaban J connectivity index is 1.54. The van der Waals surface area contributed by atoms with E-state index >= 15 is 0 Å². The summed E-state index contributed by atoms with van der Waals surface area (Å²) in [5.74, 6) is -0.132. The molecule has 3 aromatic rings. The molecular weight excluding hydrogens is 292 g/mol. The largest absolute Gasteiger partial charge is 0.469 e. The molecule has 2 aromatic heterocycles. The van der Waals surface area contributed by atoms with Crippen molar-refractivity contribution in [2.24, 2.45) is 5.92 Å². The van der Waals surface area contributed by atoms with Gasteiger partial charge in [-0.25, -0.2) is 4.98 Å². The van der Waals surface area contributed by atoms with E-state index in [1.165, 1.54) is 7.11 Å².